The van der Waals surface area contributed by atoms with Crippen LogP contribution in [0.1, 0.15) is 46.5 Å². The molecule has 0 aromatic rings. The first-order valence-corrected chi connectivity index (χ1v) is 13.2. The molecule has 1 N–H and O–H groups in total. The molecule has 2 fully saturated rings. The number of carbonyl (C=O) groups excluding carboxylic acids is 3. The van der Waals surface area contributed by atoms with E-state index in [9.17, 15) is 19.5 Å². The van der Waals surface area contributed by atoms with E-state index in [0.717, 1.165) is 19.3 Å². The number of fused-ring (bicyclic) bond motifs is 2. The highest BCUT2D eigenvalue weighted by Gasteiger charge is 2.71. The average molecular weight is 477 g/mol. The van der Waals surface area contributed by atoms with Crippen molar-refractivity contribution in [2.75, 3.05) is 26.3 Å². The number of carbonyl (C=O) groups is 3. The van der Waals surface area contributed by atoms with E-state index in [1.165, 1.54) is 0 Å². The lowest BCUT2D eigenvalue weighted by Crippen LogP contribution is -2.57. The summed E-state index contributed by atoms with van der Waals surface area (Å²) in [4.78, 5) is 44.7. The molecule has 4 aliphatic heterocycles. The van der Waals surface area contributed by atoms with Gasteiger partial charge in [-0.1, -0.05) is 57.9 Å². The van der Waals surface area contributed by atoms with Crippen molar-refractivity contribution in [2.24, 2.45) is 17.8 Å². The van der Waals surface area contributed by atoms with Crippen LogP contribution >= 0.6 is 11.8 Å². The average Bonchev–Trinajstić information content (AvgIpc) is 3.18. The summed E-state index contributed by atoms with van der Waals surface area (Å²) in [6.45, 7) is 7.33. The summed E-state index contributed by atoms with van der Waals surface area (Å²) < 4.78 is 4.66. The molecule has 0 aromatic heterocycles. The van der Waals surface area contributed by atoms with Crippen molar-refractivity contribution < 1.29 is 24.2 Å². The van der Waals surface area contributed by atoms with Crippen molar-refractivity contribution in [3.63, 3.8) is 0 Å². The van der Waals surface area contributed by atoms with Gasteiger partial charge in [0, 0.05) is 18.3 Å². The highest BCUT2D eigenvalue weighted by Crippen LogP contribution is 2.61. The van der Waals surface area contributed by atoms with Crippen molar-refractivity contribution in [2.45, 2.75) is 68.5 Å². The van der Waals surface area contributed by atoms with Crippen molar-refractivity contribution in [1.82, 2.24) is 9.80 Å². The van der Waals surface area contributed by atoms with Gasteiger partial charge in [-0.2, -0.15) is 0 Å². The molecule has 0 bridgehead atoms. The van der Waals surface area contributed by atoms with Gasteiger partial charge in [-0.05, 0) is 18.8 Å². The monoisotopic (exact) mass is 476 g/mol. The summed E-state index contributed by atoms with van der Waals surface area (Å²) >= 11 is 1.55. The fourth-order valence-corrected chi connectivity index (χ4v) is 7.80. The van der Waals surface area contributed by atoms with Crippen LogP contribution < -0.4 is 0 Å². The molecule has 2 amide bonds. The van der Waals surface area contributed by atoms with Gasteiger partial charge >= 0.3 is 5.97 Å². The number of esters is 1. The number of unbranched alkanes of at least 4 members (excludes halogenated alkanes) is 1. The van der Waals surface area contributed by atoms with Gasteiger partial charge in [0.15, 0.2) is 0 Å². The van der Waals surface area contributed by atoms with Crippen LogP contribution in [0.15, 0.2) is 24.3 Å². The summed E-state index contributed by atoms with van der Waals surface area (Å²) in [5.74, 6) is -1.95. The highest BCUT2D eigenvalue weighted by molar-refractivity contribution is 8.02. The topological polar surface area (TPSA) is 87.2 Å². The zero-order valence-corrected chi connectivity index (χ0v) is 20.6. The number of hydrogen-bond donors (Lipinski definition) is 1. The maximum Gasteiger partial charge on any atom is 0.311 e. The molecule has 4 aliphatic rings. The zero-order valence-electron chi connectivity index (χ0n) is 19.8. The smallest absolute Gasteiger partial charge is 0.311 e. The molecule has 4 rings (SSSR count). The summed E-state index contributed by atoms with van der Waals surface area (Å²) in [5, 5.41) is 10.1. The standard InChI is InChI=1S/C25H36N2O5S/c1-4-6-12-26-13-9-11-25-20(19-18(33-25)10-7-8-14-32-24(19)31)22(29)27(21(25)23(26)30)17(15-28)16(3)5-2/h7,9-11,16-21,28H,4-6,8,12-15H2,1-3H3/t16-,17-,18+,19-,20-,21?,25-/m0/s1. The lowest BCUT2D eigenvalue weighted by atomic mass is 9.78. The minimum Gasteiger partial charge on any atom is -0.465 e. The van der Waals surface area contributed by atoms with Crippen LogP contribution in [0.3, 0.4) is 0 Å². The highest BCUT2D eigenvalue weighted by atomic mass is 32.2. The molecule has 2 saturated heterocycles. The maximum atomic E-state index is 14.1. The second-order valence-electron chi connectivity index (χ2n) is 9.65. The molecule has 0 radical (unpaired) electrons. The van der Waals surface area contributed by atoms with Crippen LogP contribution in [0.4, 0.5) is 0 Å². The summed E-state index contributed by atoms with van der Waals surface area (Å²) in [6, 6.07) is -1.21. The number of amides is 2. The van der Waals surface area contributed by atoms with E-state index in [2.05, 4.69) is 6.92 Å². The summed E-state index contributed by atoms with van der Waals surface area (Å²) in [5.41, 5.74) is 0. The third kappa shape index (κ3) is 3.93. The van der Waals surface area contributed by atoms with E-state index in [1.54, 1.807) is 16.7 Å². The first-order valence-electron chi connectivity index (χ1n) is 12.3. The summed E-state index contributed by atoms with van der Waals surface area (Å²) in [6.07, 6.45) is 11.3. The molecule has 0 aromatic carbocycles. The Hall–Kier alpha value is -1.80. The van der Waals surface area contributed by atoms with Crippen LogP contribution in [0, 0.1) is 17.8 Å². The van der Waals surface area contributed by atoms with Crippen LogP contribution in [-0.4, -0.2) is 81.1 Å². The molecule has 182 valence electrons. The van der Waals surface area contributed by atoms with Crippen molar-refractivity contribution in [1.29, 1.82) is 0 Å². The first kappa shape index (κ1) is 24.3. The first-order chi connectivity index (χ1) is 15.9. The Labute approximate surface area is 200 Å². The fraction of sp³-hybridized carbons (Fsp3) is 0.720. The molecule has 4 heterocycles. The minimum atomic E-state index is -0.848. The van der Waals surface area contributed by atoms with E-state index >= 15 is 0 Å². The van der Waals surface area contributed by atoms with Crippen LogP contribution in [0.25, 0.3) is 0 Å². The second kappa shape index (κ2) is 9.82. The van der Waals surface area contributed by atoms with E-state index in [1.807, 2.05) is 43.1 Å². The van der Waals surface area contributed by atoms with E-state index in [4.69, 9.17) is 4.74 Å². The molecular formula is C25H36N2O5S. The van der Waals surface area contributed by atoms with Gasteiger partial charge in [-0.3, -0.25) is 14.4 Å². The van der Waals surface area contributed by atoms with Gasteiger partial charge in [0.05, 0.1) is 35.8 Å². The SMILES string of the molecule is CCCCN1CC=C[C@]23S[C@@H]4C=CCCOC(=O)[C@@H]4[C@H]2C(=O)N([C@@H](CO)[C@@H](C)CC)C3C1=O. The number of thioether (sulfide) groups is 1. The van der Waals surface area contributed by atoms with Crippen LogP contribution in [0.2, 0.25) is 0 Å². The Morgan fingerprint density at radius 1 is 1.24 bits per heavy atom. The molecule has 1 spiro atoms. The quantitative estimate of drug-likeness (QED) is 0.449. The van der Waals surface area contributed by atoms with Gasteiger partial charge in [-0.15, -0.1) is 11.8 Å². The van der Waals surface area contributed by atoms with Crippen molar-refractivity contribution >= 4 is 29.5 Å². The lowest BCUT2D eigenvalue weighted by Gasteiger charge is -2.40. The molecular weight excluding hydrogens is 440 g/mol. The molecule has 33 heavy (non-hydrogen) atoms. The second-order valence-corrected chi connectivity index (χ2v) is 11.1. The zero-order chi connectivity index (χ0) is 23.8. The largest absolute Gasteiger partial charge is 0.465 e. The lowest BCUT2D eigenvalue weighted by molar-refractivity contribution is -0.154. The van der Waals surface area contributed by atoms with Gasteiger partial charge in [-0.25, -0.2) is 0 Å². The Balaban J connectivity index is 1.84. The fourth-order valence-electron chi connectivity index (χ4n) is 5.81. The minimum absolute atomic E-state index is 0.0175. The Morgan fingerprint density at radius 3 is 2.73 bits per heavy atom. The van der Waals surface area contributed by atoms with E-state index < -0.39 is 28.7 Å². The third-order valence-electron chi connectivity index (χ3n) is 7.77. The van der Waals surface area contributed by atoms with Gasteiger partial charge in [0.1, 0.15) is 6.04 Å². The normalized spacial score (nSPS) is 35.3. The van der Waals surface area contributed by atoms with Crippen LogP contribution in [-0.2, 0) is 19.1 Å². The predicted octanol–water partition coefficient (Wildman–Crippen LogP) is 2.39. The van der Waals surface area contributed by atoms with Crippen LogP contribution in [0.5, 0.6) is 0 Å². The number of nitrogens with zero attached hydrogens (tertiary/aromatic N) is 2. The van der Waals surface area contributed by atoms with Crippen molar-refractivity contribution in [3.05, 3.63) is 24.3 Å². The Kier molecular flexibility index (Phi) is 7.24. The van der Waals surface area contributed by atoms with Crippen molar-refractivity contribution in [3.8, 4) is 0 Å². The number of ether oxygens (including phenoxy) is 1. The number of likely N-dealkylation sites (tertiary alicyclic amines) is 1. The molecule has 1 unspecified atom stereocenters. The predicted molar refractivity (Wildman–Crippen MR) is 127 cm³/mol. The molecule has 8 heteroatoms. The Bertz CT molecular complexity index is 845. The number of rotatable bonds is 7. The van der Waals surface area contributed by atoms with E-state index in [-0.39, 0.29) is 35.6 Å². The summed E-state index contributed by atoms with van der Waals surface area (Å²) in [7, 11) is 0. The molecule has 0 aliphatic carbocycles. The number of hydrogen-bond acceptors (Lipinski definition) is 6. The number of cyclic esters (lactones) is 1. The van der Waals surface area contributed by atoms with E-state index in [0.29, 0.717) is 26.1 Å². The number of aliphatic hydroxyl groups excluding tert-OH is 1. The third-order valence-corrected chi connectivity index (χ3v) is 9.51. The number of aliphatic hydroxyl groups is 1. The van der Waals surface area contributed by atoms with Gasteiger partial charge in [0.25, 0.3) is 0 Å². The molecule has 7 atom stereocenters. The molecule has 7 nitrogen and oxygen atoms in total. The maximum absolute atomic E-state index is 14.1. The Morgan fingerprint density at radius 2 is 2.03 bits per heavy atom. The van der Waals surface area contributed by atoms with Gasteiger partial charge < -0.3 is 19.6 Å². The molecule has 0 saturated carbocycles. The van der Waals surface area contributed by atoms with Gasteiger partial charge in [0.2, 0.25) is 11.8 Å².